The average Bonchev–Trinajstić information content (AvgIpc) is 3.36. The number of likely N-dealkylation sites (tertiary alicyclic amines) is 1. The van der Waals surface area contributed by atoms with Crippen LogP contribution in [0.3, 0.4) is 0 Å². The molecule has 0 saturated carbocycles. The molecule has 2 aliphatic heterocycles. The fourth-order valence-electron chi connectivity index (χ4n) is 4.21. The van der Waals surface area contributed by atoms with E-state index in [9.17, 15) is 4.79 Å². The Balaban J connectivity index is 0.00000289. The van der Waals surface area contributed by atoms with Gasteiger partial charge in [-0.3, -0.25) is 4.99 Å². The van der Waals surface area contributed by atoms with Crippen molar-refractivity contribution >= 4 is 47.3 Å². The summed E-state index contributed by atoms with van der Waals surface area (Å²) >= 11 is 0. The van der Waals surface area contributed by atoms with Gasteiger partial charge in [0, 0.05) is 64.2 Å². The van der Waals surface area contributed by atoms with Crippen LogP contribution < -0.4 is 15.5 Å². The van der Waals surface area contributed by atoms with Crippen LogP contribution in [-0.4, -0.2) is 68.1 Å². The molecule has 0 aromatic heterocycles. The highest BCUT2D eigenvalue weighted by Gasteiger charge is 2.20. The first-order valence-electron chi connectivity index (χ1n) is 11.1. The first-order valence-corrected chi connectivity index (χ1v) is 11.1. The highest BCUT2D eigenvalue weighted by Crippen LogP contribution is 2.16. The first-order chi connectivity index (χ1) is 15.2. The van der Waals surface area contributed by atoms with Gasteiger partial charge >= 0.3 is 6.03 Å². The number of aliphatic imine (C=N–C) groups is 1. The average molecular weight is 548 g/mol. The maximum atomic E-state index is 12.3. The molecule has 2 N–H and O–H groups in total. The van der Waals surface area contributed by atoms with E-state index in [4.69, 9.17) is 0 Å². The number of urea groups is 1. The van der Waals surface area contributed by atoms with Crippen LogP contribution in [0.2, 0.25) is 0 Å². The SMILES string of the molecule is CN=C(NCc1cccc(NC(=O)N2CCCC2)c1)N1CCN(c2ccccc2)CC1.I. The van der Waals surface area contributed by atoms with Gasteiger partial charge < -0.3 is 25.3 Å². The van der Waals surface area contributed by atoms with Crippen LogP contribution in [0.5, 0.6) is 0 Å². The number of guanidine groups is 1. The molecule has 32 heavy (non-hydrogen) atoms. The number of piperazine rings is 1. The van der Waals surface area contributed by atoms with Gasteiger partial charge in [-0.2, -0.15) is 0 Å². The van der Waals surface area contributed by atoms with Crippen LogP contribution in [0.15, 0.2) is 59.6 Å². The molecule has 2 amide bonds. The summed E-state index contributed by atoms with van der Waals surface area (Å²) in [6.07, 6.45) is 2.19. The van der Waals surface area contributed by atoms with Crippen LogP contribution in [0.25, 0.3) is 0 Å². The molecule has 2 aliphatic rings. The van der Waals surface area contributed by atoms with Gasteiger partial charge in [0.15, 0.2) is 5.96 Å². The third kappa shape index (κ3) is 6.27. The molecule has 0 aliphatic carbocycles. The highest BCUT2D eigenvalue weighted by molar-refractivity contribution is 14.0. The number of anilines is 2. The lowest BCUT2D eigenvalue weighted by atomic mass is 10.2. The topological polar surface area (TPSA) is 63.2 Å². The van der Waals surface area contributed by atoms with E-state index in [1.807, 2.05) is 30.1 Å². The molecule has 2 heterocycles. The number of para-hydroxylation sites is 1. The first kappa shape index (κ1) is 24.2. The van der Waals surface area contributed by atoms with E-state index in [0.29, 0.717) is 6.54 Å². The third-order valence-electron chi connectivity index (χ3n) is 5.93. The van der Waals surface area contributed by atoms with Gasteiger partial charge in [0.25, 0.3) is 0 Å². The molecule has 0 radical (unpaired) electrons. The summed E-state index contributed by atoms with van der Waals surface area (Å²) in [5, 5.41) is 6.50. The smallest absolute Gasteiger partial charge is 0.321 e. The molecule has 2 aromatic rings. The standard InChI is InChI=1S/C24H32N6O.HI/c1-25-23(29-16-14-28(15-17-29)22-10-3-2-4-11-22)26-19-20-8-7-9-21(18-20)27-24(31)30-12-5-6-13-30;/h2-4,7-11,18H,5-6,12-17,19H2,1H3,(H,25,26)(H,27,31);1H. The number of halogens is 1. The van der Waals surface area contributed by atoms with E-state index in [0.717, 1.165) is 69.3 Å². The van der Waals surface area contributed by atoms with Gasteiger partial charge in [0.1, 0.15) is 0 Å². The number of hydrogen-bond donors (Lipinski definition) is 2. The van der Waals surface area contributed by atoms with E-state index in [-0.39, 0.29) is 30.0 Å². The molecule has 0 spiro atoms. The Morgan fingerprint density at radius 3 is 2.31 bits per heavy atom. The Morgan fingerprint density at radius 2 is 1.62 bits per heavy atom. The summed E-state index contributed by atoms with van der Waals surface area (Å²) in [7, 11) is 1.83. The molecule has 0 bridgehead atoms. The van der Waals surface area contributed by atoms with E-state index in [2.05, 4.69) is 61.8 Å². The van der Waals surface area contributed by atoms with E-state index >= 15 is 0 Å². The van der Waals surface area contributed by atoms with Crippen LogP contribution in [-0.2, 0) is 6.54 Å². The number of carbonyl (C=O) groups is 1. The van der Waals surface area contributed by atoms with Crippen molar-refractivity contribution in [3.05, 3.63) is 60.2 Å². The summed E-state index contributed by atoms with van der Waals surface area (Å²) in [5.74, 6) is 0.916. The highest BCUT2D eigenvalue weighted by atomic mass is 127. The van der Waals surface area contributed by atoms with Gasteiger partial charge in [-0.15, -0.1) is 24.0 Å². The Kier molecular flexibility index (Phi) is 9.01. The Labute approximate surface area is 207 Å². The molecule has 0 unspecified atom stereocenters. The summed E-state index contributed by atoms with van der Waals surface area (Å²) in [6.45, 7) is 6.17. The van der Waals surface area contributed by atoms with E-state index in [1.54, 1.807) is 0 Å². The lowest BCUT2D eigenvalue weighted by molar-refractivity contribution is 0.222. The molecule has 4 rings (SSSR count). The molecule has 2 saturated heterocycles. The molecule has 7 nitrogen and oxygen atoms in total. The predicted molar refractivity (Wildman–Crippen MR) is 142 cm³/mol. The van der Waals surface area contributed by atoms with Crippen LogP contribution in [0.1, 0.15) is 18.4 Å². The number of nitrogens with one attached hydrogen (secondary N) is 2. The minimum Gasteiger partial charge on any atom is -0.368 e. The zero-order valence-corrected chi connectivity index (χ0v) is 21.0. The third-order valence-corrected chi connectivity index (χ3v) is 5.93. The minimum atomic E-state index is -0.00490. The zero-order valence-electron chi connectivity index (χ0n) is 18.7. The quantitative estimate of drug-likeness (QED) is 0.347. The largest absolute Gasteiger partial charge is 0.368 e. The monoisotopic (exact) mass is 548 g/mol. The van der Waals surface area contributed by atoms with Crippen molar-refractivity contribution in [3.63, 3.8) is 0 Å². The second-order valence-corrected chi connectivity index (χ2v) is 8.04. The van der Waals surface area contributed by atoms with Crippen molar-refractivity contribution in [2.24, 2.45) is 4.99 Å². The van der Waals surface area contributed by atoms with Crippen molar-refractivity contribution in [2.45, 2.75) is 19.4 Å². The lowest BCUT2D eigenvalue weighted by Gasteiger charge is -2.37. The number of hydrogen-bond acceptors (Lipinski definition) is 3. The van der Waals surface area contributed by atoms with Gasteiger partial charge in [-0.05, 0) is 42.7 Å². The van der Waals surface area contributed by atoms with E-state index < -0.39 is 0 Å². The van der Waals surface area contributed by atoms with Crippen molar-refractivity contribution in [1.29, 1.82) is 0 Å². The Morgan fingerprint density at radius 1 is 0.906 bits per heavy atom. The van der Waals surface area contributed by atoms with Crippen molar-refractivity contribution in [1.82, 2.24) is 15.1 Å². The number of benzene rings is 2. The fourth-order valence-corrected chi connectivity index (χ4v) is 4.21. The van der Waals surface area contributed by atoms with Gasteiger partial charge in [-0.25, -0.2) is 4.79 Å². The van der Waals surface area contributed by atoms with Crippen molar-refractivity contribution in [3.8, 4) is 0 Å². The Hall–Kier alpha value is -2.49. The Bertz CT molecular complexity index is 892. The molecular formula is C24H33IN6O. The van der Waals surface area contributed by atoms with E-state index in [1.165, 1.54) is 5.69 Å². The molecule has 2 fully saturated rings. The van der Waals surface area contributed by atoms with Crippen molar-refractivity contribution in [2.75, 3.05) is 56.5 Å². The van der Waals surface area contributed by atoms with Crippen LogP contribution in [0, 0.1) is 0 Å². The molecule has 172 valence electrons. The molecule has 0 atom stereocenters. The summed E-state index contributed by atoms with van der Waals surface area (Å²) in [4.78, 5) is 23.4. The normalized spacial score (nSPS) is 16.5. The second-order valence-electron chi connectivity index (χ2n) is 8.04. The van der Waals surface area contributed by atoms with Gasteiger partial charge in [0.2, 0.25) is 0 Å². The van der Waals surface area contributed by atoms with Gasteiger partial charge in [0.05, 0.1) is 0 Å². The predicted octanol–water partition coefficient (Wildman–Crippen LogP) is 3.83. The fraction of sp³-hybridized carbons (Fsp3) is 0.417. The lowest BCUT2D eigenvalue weighted by Crippen LogP contribution is -2.52. The van der Waals surface area contributed by atoms with Gasteiger partial charge in [-0.1, -0.05) is 30.3 Å². The second kappa shape index (κ2) is 11.9. The van der Waals surface area contributed by atoms with Crippen LogP contribution >= 0.6 is 24.0 Å². The minimum absolute atomic E-state index is 0. The summed E-state index contributed by atoms with van der Waals surface area (Å²) in [6, 6.07) is 18.6. The maximum absolute atomic E-state index is 12.3. The number of amides is 2. The molecule has 2 aromatic carbocycles. The summed E-state index contributed by atoms with van der Waals surface area (Å²) in [5.41, 5.74) is 3.23. The van der Waals surface area contributed by atoms with Crippen LogP contribution in [0.4, 0.5) is 16.2 Å². The number of nitrogens with zero attached hydrogens (tertiary/aromatic N) is 4. The maximum Gasteiger partial charge on any atom is 0.321 e. The molecular weight excluding hydrogens is 515 g/mol. The summed E-state index contributed by atoms with van der Waals surface area (Å²) < 4.78 is 0. The number of carbonyl (C=O) groups excluding carboxylic acids is 1. The molecule has 8 heteroatoms. The number of rotatable bonds is 4. The zero-order chi connectivity index (χ0) is 21.5. The van der Waals surface area contributed by atoms with Crippen molar-refractivity contribution < 1.29 is 4.79 Å².